The van der Waals surface area contributed by atoms with E-state index in [1.165, 1.54) is 20.4 Å². The van der Waals surface area contributed by atoms with Gasteiger partial charge in [0.15, 0.2) is 0 Å². The molecule has 0 atom stereocenters. The molecular weight excluding hydrogens is 160 g/mol. The van der Waals surface area contributed by atoms with Crippen LogP contribution in [0.5, 0.6) is 0 Å². The number of rotatable bonds is 2. The predicted octanol–water partition coefficient (Wildman–Crippen LogP) is 0.616. The Kier molecular flexibility index (Phi) is 2.44. The summed E-state index contributed by atoms with van der Waals surface area (Å²) in [7, 11) is 2.91. The zero-order valence-electron chi connectivity index (χ0n) is 7.20. The molecule has 0 saturated carbocycles. The number of aromatic nitrogens is 1. The fourth-order valence-corrected chi connectivity index (χ4v) is 0.722. The van der Waals surface area contributed by atoms with Crippen molar-refractivity contribution in [3.05, 3.63) is 17.5 Å². The Morgan fingerprint density at radius 3 is 2.83 bits per heavy atom. The number of carbonyl (C=O) groups is 1. The molecule has 1 aromatic rings. The molecule has 0 saturated heterocycles. The maximum absolute atomic E-state index is 11.3. The highest BCUT2D eigenvalue weighted by Gasteiger charge is 2.18. The quantitative estimate of drug-likeness (QED) is 0.610. The summed E-state index contributed by atoms with van der Waals surface area (Å²) >= 11 is 0. The zero-order valence-corrected chi connectivity index (χ0v) is 7.20. The molecule has 5 heteroatoms. The summed E-state index contributed by atoms with van der Waals surface area (Å²) < 4.78 is 4.73. The summed E-state index contributed by atoms with van der Waals surface area (Å²) in [4.78, 5) is 16.0. The molecule has 0 aliphatic carbocycles. The van der Waals surface area contributed by atoms with Gasteiger partial charge in [0.2, 0.25) is 5.76 Å². The molecule has 0 unspecified atom stereocenters. The van der Waals surface area contributed by atoms with E-state index in [1.807, 2.05) is 0 Å². The summed E-state index contributed by atoms with van der Waals surface area (Å²) in [6, 6.07) is 0. The lowest BCUT2D eigenvalue weighted by Gasteiger charge is -2.10. The zero-order chi connectivity index (χ0) is 9.14. The lowest BCUT2D eigenvalue weighted by molar-refractivity contribution is -0.0777. The van der Waals surface area contributed by atoms with Gasteiger partial charge in [-0.05, 0) is 6.92 Å². The summed E-state index contributed by atoms with van der Waals surface area (Å²) in [5, 5.41) is 4.56. The van der Waals surface area contributed by atoms with Gasteiger partial charge >= 0.3 is 5.91 Å². The van der Waals surface area contributed by atoms with Gasteiger partial charge in [0.05, 0.1) is 13.3 Å². The maximum atomic E-state index is 11.3. The smallest absolute Gasteiger partial charge is 0.315 e. The van der Waals surface area contributed by atoms with E-state index >= 15 is 0 Å². The summed E-state index contributed by atoms with van der Waals surface area (Å²) in [6.07, 6.45) is 1.48. The molecule has 1 rings (SSSR count). The molecular formula is C7H10N2O3. The lowest BCUT2D eigenvalue weighted by Crippen LogP contribution is -2.25. The Morgan fingerprint density at radius 1 is 1.75 bits per heavy atom. The van der Waals surface area contributed by atoms with Crippen LogP contribution in [-0.4, -0.2) is 30.3 Å². The summed E-state index contributed by atoms with van der Waals surface area (Å²) in [6.45, 7) is 1.74. The van der Waals surface area contributed by atoms with Crippen molar-refractivity contribution in [2.75, 3.05) is 14.2 Å². The Balaban J connectivity index is 2.85. The number of hydroxylamine groups is 2. The van der Waals surface area contributed by atoms with E-state index in [2.05, 4.69) is 9.99 Å². The van der Waals surface area contributed by atoms with Gasteiger partial charge in [0.1, 0.15) is 0 Å². The monoisotopic (exact) mass is 170 g/mol. The second kappa shape index (κ2) is 3.36. The van der Waals surface area contributed by atoms with Crippen molar-refractivity contribution < 1.29 is 14.2 Å². The van der Waals surface area contributed by atoms with Gasteiger partial charge in [0, 0.05) is 12.6 Å². The van der Waals surface area contributed by atoms with E-state index < -0.39 is 0 Å². The van der Waals surface area contributed by atoms with Crippen molar-refractivity contribution in [3.8, 4) is 0 Å². The van der Waals surface area contributed by atoms with Crippen molar-refractivity contribution in [1.82, 2.24) is 10.2 Å². The maximum Gasteiger partial charge on any atom is 0.315 e. The van der Waals surface area contributed by atoms with Gasteiger partial charge < -0.3 is 4.52 Å². The van der Waals surface area contributed by atoms with Gasteiger partial charge in [-0.1, -0.05) is 5.16 Å². The third kappa shape index (κ3) is 1.45. The molecule has 0 spiro atoms. The van der Waals surface area contributed by atoms with E-state index in [4.69, 9.17) is 4.52 Å². The van der Waals surface area contributed by atoms with Crippen LogP contribution >= 0.6 is 0 Å². The molecule has 0 aromatic carbocycles. The second-order valence-electron chi connectivity index (χ2n) is 2.32. The number of nitrogens with zero attached hydrogens (tertiary/aromatic N) is 2. The fraction of sp³-hybridized carbons (Fsp3) is 0.429. The molecule has 12 heavy (non-hydrogen) atoms. The number of carbonyl (C=O) groups excluding carboxylic acids is 1. The Labute approximate surface area is 69.8 Å². The van der Waals surface area contributed by atoms with Crippen LogP contribution in [0.15, 0.2) is 10.7 Å². The van der Waals surface area contributed by atoms with Crippen LogP contribution in [-0.2, 0) is 4.84 Å². The number of aryl methyl sites for hydroxylation is 1. The lowest BCUT2D eigenvalue weighted by atomic mass is 10.3. The molecule has 0 fully saturated rings. The van der Waals surface area contributed by atoms with E-state index in [1.54, 1.807) is 6.92 Å². The van der Waals surface area contributed by atoms with Crippen LogP contribution in [0, 0.1) is 6.92 Å². The number of amides is 1. The van der Waals surface area contributed by atoms with Crippen molar-refractivity contribution >= 4 is 5.91 Å². The number of hydrogen-bond donors (Lipinski definition) is 0. The van der Waals surface area contributed by atoms with Gasteiger partial charge in [-0.15, -0.1) is 0 Å². The van der Waals surface area contributed by atoms with Crippen LogP contribution in [0.3, 0.4) is 0 Å². The van der Waals surface area contributed by atoms with E-state index in [0.717, 1.165) is 5.06 Å². The van der Waals surface area contributed by atoms with Gasteiger partial charge in [-0.25, -0.2) is 5.06 Å². The third-order valence-electron chi connectivity index (χ3n) is 1.50. The minimum absolute atomic E-state index is 0.208. The van der Waals surface area contributed by atoms with Crippen molar-refractivity contribution in [3.63, 3.8) is 0 Å². The molecule has 0 aliphatic heterocycles. The molecule has 1 aromatic heterocycles. The molecule has 66 valence electrons. The van der Waals surface area contributed by atoms with E-state index in [9.17, 15) is 4.79 Å². The second-order valence-corrected chi connectivity index (χ2v) is 2.32. The molecule has 0 radical (unpaired) electrons. The van der Waals surface area contributed by atoms with E-state index in [0.29, 0.717) is 5.56 Å². The third-order valence-corrected chi connectivity index (χ3v) is 1.50. The minimum Gasteiger partial charge on any atom is -0.351 e. The van der Waals surface area contributed by atoms with Crippen LogP contribution in [0.4, 0.5) is 0 Å². The average Bonchev–Trinajstić information content (AvgIpc) is 2.48. The van der Waals surface area contributed by atoms with Crippen molar-refractivity contribution in [1.29, 1.82) is 0 Å². The SMILES string of the molecule is CON(C)C(=O)c1oncc1C. The van der Waals surface area contributed by atoms with E-state index in [-0.39, 0.29) is 11.7 Å². The largest absolute Gasteiger partial charge is 0.351 e. The highest BCUT2D eigenvalue weighted by Crippen LogP contribution is 2.08. The molecule has 0 aliphatic rings. The first-order valence-corrected chi connectivity index (χ1v) is 3.40. The Bertz CT molecular complexity index is 282. The van der Waals surface area contributed by atoms with Crippen molar-refractivity contribution in [2.24, 2.45) is 0 Å². The Hall–Kier alpha value is -1.36. The average molecular weight is 170 g/mol. The predicted molar refractivity (Wildman–Crippen MR) is 40.3 cm³/mol. The minimum atomic E-state index is -0.340. The first-order valence-electron chi connectivity index (χ1n) is 3.40. The Morgan fingerprint density at radius 2 is 2.42 bits per heavy atom. The first kappa shape index (κ1) is 8.73. The van der Waals surface area contributed by atoms with Crippen LogP contribution in [0.2, 0.25) is 0 Å². The summed E-state index contributed by atoms with van der Waals surface area (Å²) in [5.41, 5.74) is 0.698. The van der Waals surface area contributed by atoms with Gasteiger partial charge in [-0.2, -0.15) is 0 Å². The van der Waals surface area contributed by atoms with Crippen molar-refractivity contribution in [2.45, 2.75) is 6.92 Å². The highest BCUT2D eigenvalue weighted by atomic mass is 16.7. The standard InChI is InChI=1S/C7H10N2O3/c1-5-4-8-12-6(5)7(10)9(2)11-3/h4H,1-3H3. The van der Waals surface area contributed by atoms with Gasteiger partial charge in [-0.3, -0.25) is 9.63 Å². The normalized spacial score (nSPS) is 9.92. The molecule has 1 heterocycles. The summed E-state index contributed by atoms with van der Waals surface area (Å²) in [5.74, 6) is -0.133. The van der Waals surface area contributed by atoms with Crippen LogP contribution < -0.4 is 0 Å². The van der Waals surface area contributed by atoms with Crippen LogP contribution in [0.1, 0.15) is 16.1 Å². The molecule has 0 N–H and O–H groups in total. The number of hydrogen-bond acceptors (Lipinski definition) is 4. The molecule has 5 nitrogen and oxygen atoms in total. The first-order chi connectivity index (χ1) is 5.66. The van der Waals surface area contributed by atoms with Crippen LogP contribution in [0.25, 0.3) is 0 Å². The molecule has 0 bridgehead atoms. The fourth-order valence-electron chi connectivity index (χ4n) is 0.722. The highest BCUT2D eigenvalue weighted by molar-refractivity contribution is 5.91. The molecule has 1 amide bonds. The van der Waals surface area contributed by atoms with Gasteiger partial charge in [0.25, 0.3) is 0 Å². The topological polar surface area (TPSA) is 55.6 Å².